The van der Waals surface area contributed by atoms with E-state index in [0.29, 0.717) is 18.3 Å². The molecular formula is C15H18ClN3O. The summed E-state index contributed by atoms with van der Waals surface area (Å²) in [6.07, 6.45) is 1.05. The van der Waals surface area contributed by atoms with Crippen LogP contribution in [0.25, 0.3) is 0 Å². The van der Waals surface area contributed by atoms with E-state index in [1.165, 1.54) is 0 Å². The van der Waals surface area contributed by atoms with Crippen molar-refractivity contribution in [3.63, 3.8) is 0 Å². The zero-order valence-corrected chi connectivity index (χ0v) is 12.4. The molecule has 0 atom stereocenters. The van der Waals surface area contributed by atoms with Gasteiger partial charge in [-0.1, -0.05) is 30.7 Å². The molecule has 0 radical (unpaired) electrons. The van der Waals surface area contributed by atoms with Gasteiger partial charge in [0.25, 0.3) is 0 Å². The summed E-state index contributed by atoms with van der Waals surface area (Å²) in [6.45, 7) is 5.30. The van der Waals surface area contributed by atoms with Gasteiger partial charge in [0.05, 0.1) is 0 Å². The number of aryl methyl sites for hydroxylation is 1. The molecule has 2 rings (SSSR count). The Labute approximate surface area is 124 Å². The third kappa shape index (κ3) is 4.38. The van der Waals surface area contributed by atoms with E-state index in [1.54, 1.807) is 0 Å². The molecule has 0 amide bonds. The molecule has 2 aromatic rings. The van der Waals surface area contributed by atoms with E-state index in [0.717, 1.165) is 29.4 Å². The third-order valence-corrected chi connectivity index (χ3v) is 2.92. The monoisotopic (exact) mass is 291 g/mol. The van der Waals surface area contributed by atoms with Crippen LogP contribution >= 0.6 is 11.6 Å². The quantitative estimate of drug-likeness (QED) is 0.878. The first-order valence-corrected chi connectivity index (χ1v) is 7.02. The van der Waals surface area contributed by atoms with Crippen molar-refractivity contribution in [1.82, 2.24) is 9.97 Å². The van der Waals surface area contributed by atoms with Crippen molar-refractivity contribution in [2.24, 2.45) is 0 Å². The number of benzene rings is 1. The maximum atomic E-state index is 5.85. The SMILES string of the molecule is CCCNc1cc(OCc2ccc(Cl)cc2)nc(C)n1. The van der Waals surface area contributed by atoms with Gasteiger partial charge in [-0.15, -0.1) is 0 Å². The highest BCUT2D eigenvalue weighted by atomic mass is 35.5. The number of rotatable bonds is 6. The lowest BCUT2D eigenvalue weighted by molar-refractivity contribution is 0.293. The van der Waals surface area contributed by atoms with E-state index in [1.807, 2.05) is 37.3 Å². The van der Waals surface area contributed by atoms with E-state index >= 15 is 0 Å². The lowest BCUT2D eigenvalue weighted by Gasteiger charge is -2.09. The van der Waals surface area contributed by atoms with Gasteiger partial charge in [-0.05, 0) is 31.0 Å². The molecule has 0 aliphatic heterocycles. The van der Waals surface area contributed by atoms with Crippen molar-refractivity contribution < 1.29 is 4.74 Å². The van der Waals surface area contributed by atoms with E-state index in [4.69, 9.17) is 16.3 Å². The molecule has 0 spiro atoms. The highest BCUT2D eigenvalue weighted by Gasteiger charge is 2.03. The van der Waals surface area contributed by atoms with E-state index in [9.17, 15) is 0 Å². The van der Waals surface area contributed by atoms with Crippen molar-refractivity contribution in [2.75, 3.05) is 11.9 Å². The van der Waals surface area contributed by atoms with Crippen molar-refractivity contribution in [3.8, 4) is 5.88 Å². The molecule has 0 fully saturated rings. The fourth-order valence-electron chi connectivity index (χ4n) is 1.70. The van der Waals surface area contributed by atoms with Crippen molar-refractivity contribution in [3.05, 3.63) is 46.7 Å². The number of halogens is 1. The van der Waals surface area contributed by atoms with E-state index in [2.05, 4.69) is 22.2 Å². The zero-order valence-electron chi connectivity index (χ0n) is 11.7. The van der Waals surface area contributed by atoms with Crippen LogP contribution in [0.4, 0.5) is 5.82 Å². The summed E-state index contributed by atoms with van der Waals surface area (Å²) in [5, 5.41) is 3.95. The van der Waals surface area contributed by atoms with E-state index in [-0.39, 0.29) is 0 Å². The fraction of sp³-hybridized carbons (Fsp3) is 0.333. The van der Waals surface area contributed by atoms with Gasteiger partial charge in [-0.25, -0.2) is 4.98 Å². The van der Waals surface area contributed by atoms with Crippen molar-refractivity contribution in [1.29, 1.82) is 0 Å². The Morgan fingerprint density at radius 3 is 2.65 bits per heavy atom. The van der Waals surface area contributed by atoms with Gasteiger partial charge in [0.15, 0.2) is 0 Å². The molecule has 1 N–H and O–H groups in total. The summed E-state index contributed by atoms with van der Waals surface area (Å²) >= 11 is 5.85. The molecule has 0 aliphatic rings. The molecule has 106 valence electrons. The summed E-state index contributed by atoms with van der Waals surface area (Å²) in [5.74, 6) is 2.06. The Bertz CT molecular complexity index is 558. The number of hydrogen-bond acceptors (Lipinski definition) is 4. The molecular weight excluding hydrogens is 274 g/mol. The Balaban J connectivity index is 2.01. The van der Waals surface area contributed by atoms with Crippen LogP contribution in [-0.4, -0.2) is 16.5 Å². The number of hydrogen-bond donors (Lipinski definition) is 1. The van der Waals surface area contributed by atoms with Crippen LogP contribution in [0, 0.1) is 6.92 Å². The minimum Gasteiger partial charge on any atom is -0.473 e. The number of nitrogens with one attached hydrogen (secondary N) is 1. The Morgan fingerprint density at radius 2 is 1.95 bits per heavy atom. The molecule has 1 heterocycles. The molecule has 5 heteroatoms. The Kier molecular flexibility index (Phi) is 5.18. The topological polar surface area (TPSA) is 47.0 Å². The Hall–Kier alpha value is -1.81. The zero-order chi connectivity index (χ0) is 14.4. The molecule has 0 bridgehead atoms. The molecule has 1 aromatic heterocycles. The lowest BCUT2D eigenvalue weighted by Crippen LogP contribution is -2.05. The van der Waals surface area contributed by atoms with Gasteiger partial charge in [-0.2, -0.15) is 4.98 Å². The largest absolute Gasteiger partial charge is 0.473 e. The number of anilines is 1. The van der Waals surface area contributed by atoms with Crippen molar-refractivity contribution in [2.45, 2.75) is 26.9 Å². The average Bonchev–Trinajstić information content (AvgIpc) is 2.44. The number of aromatic nitrogens is 2. The van der Waals surface area contributed by atoms with Gasteiger partial charge < -0.3 is 10.1 Å². The summed E-state index contributed by atoms with van der Waals surface area (Å²) < 4.78 is 5.70. The van der Waals surface area contributed by atoms with Gasteiger partial charge in [0.2, 0.25) is 5.88 Å². The first-order valence-electron chi connectivity index (χ1n) is 6.64. The van der Waals surface area contributed by atoms with Crippen LogP contribution in [0.3, 0.4) is 0 Å². The standard InChI is InChI=1S/C15H18ClN3O/c1-3-8-17-14-9-15(19-11(2)18-14)20-10-12-4-6-13(16)7-5-12/h4-7,9H,3,8,10H2,1-2H3,(H,17,18,19). The lowest BCUT2D eigenvalue weighted by atomic mass is 10.2. The van der Waals surface area contributed by atoms with Crippen LogP contribution in [0.5, 0.6) is 5.88 Å². The van der Waals surface area contributed by atoms with E-state index < -0.39 is 0 Å². The van der Waals surface area contributed by atoms with Crippen LogP contribution in [0.1, 0.15) is 24.7 Å². The molecule has 0 aliphatic carbocycles. The molecule has 1 aromatic carbocycles. The highest BCUT2D eigenvalue weighted by molar-refractivity contribution is 6.30. The highest BCUT2D eigenvalue weighted by Crippen LogP contribution is 2.16. The maximum absolute atomic E-state index is 5.85. The molecule has 0 saturated carbocycles. The minimum absolute atomic E-state index is 0.459. The van der Waals surface area contributed by atoms with Gasteiger partial charge in [-0.3, -0.25) is 0 Å². The van der Waals surface area contributed by atoms with Gasteiger partial charge in [0.1, 0.15) is 18.2 Å². The smallest absolute Gasteiger partial charge is 0.219 e. The first-order chi connectivity index (χ1) is 9.67. The van der Waals surface area contributed by atoms with Crippen molar-refractivity contribution >= 4 is 17.4 Å². The van der Waals surface area contributed by atoms with Crippen LogP contribution in [-0.2, 0) is 6.61 Å². The predicted octanol–water partition coefficient (Wildman–Crippen LogP) is 3.84. The summed E-state index contributed by atoms with van der Waals surface area (Å²) in [5.41, 5.74) is 1.05. The molecule has 0 saturated heterocycles. The average molecular weight is 292 g/mol. The first kappa shape index (κ1) is 14.6. The summed E-state index contributed by atoms with van der Waals surface area (Å²) in [6, 6.07) is 9.39. The second-order valence-corrected chi connectivity index (χ2v) is 4.92. The maximum Gasteiger partial charge on any atom is 0.219 e. The second kappa shape index (κ2) is 7.10. The molecule has 20 heavy (non-hydrogen) atoms. The van der Waals surface area contributed by atoms with Crippen LogP contribution in [0.2, 0.25) is 5.02 Å². The summed E-state index contributed by atoms with van der Waals surface area (Å²) in [7, 11) is 0. The predicted molar refractivity (Wildman–Crippen MR) is 81.3 cm³/mol. The molecule has 4 nitrogen and oxygen atoms in total. The Morgan fingerprint density at radius 1 is 1.20 bits per heavy atom. The van der Waals surface area contributed by atoms with Crippen LogP contribution < -0.4 is 10.1 Å². The second-order valence-electron chi connectivity index (χ2n) is 4.48. The summed E-state index contributed by atoms with van der Waals surface area (Å²) in [4.78, 5) is 8.59. The third-order valence-electron chi connectivity index (χ3n) is 2.67. The fourth-order valence-corrected chi connectivity index (χ4v) is 1.82. The van der Waals surface area contributed by atoms with Gasteiger partial charge in [0, 0.05) is 17.6 Å². The van der Waals surface area contributed by atoms with Crippen LogP contribution in [0.15, 0.2) is 30.3 Å². The minimum atomic E-state index is 0.459. The number of ether oxygens (including phenoxy) is 1. The van der Waals surface area contributed by atoms with Gasteiger partial charge >= 0.3 is 0 Å². The number of nitrogens with zero attached hydrogens (tertiary/aromatic N) is 2. The normalized spacial score (nSPS) is 10.3. The molecule has 0 unspecified atom stereocenters.